The molecule has 3 fully saturated rings. The van der Waals surface area contributed by atoms with E-state index in [9.17, 15) is 9.59 Å². The first-order chi connectivity index (χ1) is 8.11. The average Bonchev–Trinajstić information content (AvgIpc) is 2.22. The number of methoxy groups -OCH3 is 1. The van der Waals surface area contributed by atoms with Crippen LogP contribution in [0.2, 0.25) is 0 Å². The van der Waals surface area contributed by atoms with Crippen molar-refractivity contribution >= 4 is 11.9 Å². The summed E-state index contributed by atoms with van der Waals surface area (Å²) in [6.07, 6.45) is 0.750. The Bertz CT molecular complexity index is 366. The molecule has 94 valence electrons. The van der Waals surface area contributed by atoms with Crippen LogP contribution in [0.25, 0.3) is 0 Å². The molecule has 2 saturated carbocycles. The van der Waals surface area contributed by atoms with Gasteiger partial charge in [-0.25, -0.2) is 0 Å². The van der Waals surface area contributed by atoms with E-state index in [1.165, 1.54) is 6.92 Å². The summed E-state index contributed by atoms with van der Waals surface area (Å²) in [5.41, 5.74) is 0. The third kappa shape index (κ3) is 1.48. The number of esters is 2. The van der Waals surface area contributed by atoms with E-state index in [4.69, 9.17) is 14.2 Å². The normalized spacial score (nSPS) is 46.8. The van der Waals surface area contributed by atoms with Gasteiger partial charge in [-0.1, -0.05) is 0 Å². The number of carbonyl (C=O) groups is 2. The van der Waals surface area contributed by atoms with Gasteiger partial charge in [0.25, 0.3) is 0 Å². The summed E-state index contributed by atoms with van der Waals surface area (Å²) in [4.78, 5) is 22.8. The van der Waals surface area contributed by atoms with E-state index in [2.05, 4.69) is 0 Å². The van der Waals surface area contributed by atoms with Gasteiger partial charge in [-0.2, -0.15) is 0 Å². The highest BCUT2D eigenvalue weighted by Crippen LogP contribution is 2.54. The minimum Gasteiger partial charge on any atom is -0.458 e. The predicted molar refractivity (Wildman–Crippen MR) is 55.9 cm³/mol. The fraction of sp³-hybridized carbons (Fsp3) is 0.833. The Hall–Kier alpha value is -1.10. The van der Waals surface area contributed by atoms with Crippen molar-refractivity contribution in [2.75, 3.05) is 7.11 Å². The van der Waals surface area contributed by atoms with E-state index in [1.807, 2.05) is 0 Å². The monoisotopic (exact) mass is 240 g/mol. The molecule has 1 aliphatic heterocycles. The molecule has 5 heteroatoms. The molecule has 0 radical (unpaired) electrons. The molecule has 17 heavy (non-hydrogen) atoms. The highest BCUT2D eigenvalue weighted by atomic mass is 16.6. The molecule has 2 aliphatic carbocycles. The van der Waals surface area contributed by atoms with Gasteiger partial charge in [0.2, 0.25) is 0 Å². The van der Waals surface area contributed by atoms with Crippen LogP contribution >= 0.6 is 0 Å². The Balaban J connectivity index is 1.85. The summed E-state index contributed by atoms with van der Waals surface area (Å²) in [5.74, 6) is 0.207. The van der Waals surface area contributed by atoms with Gasteiger partial charge in [-0.3, -0.25) is 9.59 Å². The van der Waals surface area contributed by atoms with Gasteiger partial charge in [0, 0.05) is 20.0 Å². The van der Waals surface area contributed by atoms with Crippen molar-refractivity contribution in [3.8, 4) is 0 Å². The van der Waals surface area contributed by atoms with Crippen LogP contribution in [0.3, 0.4) is 0 Å². The van der Waals surface area contributed by atoms with Gasteiger partial charge in [0.15, 0.2) is 6.10 Å². The fourth-order valence-electron chi connectivity index (χ4n) is 3.62. The number of rotatable bonds is 2. The molecule has 1 saturated heterocycles. The molecule has 6 atom stereocenters. The Kier molecular flexibility index (Phi) is 2.40. The molecular formula is C12H16O5. The lowest BCUT2D eigenvalue weighted by atomic mass is 9.54. The molecular weight excluding hydrogens is 224 g/mol. The van der Waals surface area contributed by atoms with Gasteiger partial charge in [0.1, 0.15) is 12.2 Å². The van der Waals surface area contributed by atoms with Crippen molar-refractivity contribution in [2.45, 2.75) is 38.1 Å². The summed E-state index contributed by atoms with van der Waals surface area (Å²) in [5, 5.41) is 0. The van der Waals surface area contributed by atoms with Gasteiger partial charge in [-0.15, -0.1) is 0 Å². The maximum atomic E-state index is 11.7. The van der Waals surface area contributed by atoms with Gasteiger partial charge in [0.05, 0.1) is 5.92 Å². The largest absolute Gasteiger partial charge is 0.458 e. The summed E-state index contributed by atoms with van der Waals surface area (Å²) in [6, 6.07) is 0. The van der Waals surface area contributed by atoms with Crippen LogP contribution in [0.1, 0.15) is 19.8 Å². The second-order valence-electron chi connectivity index (χ2n) is 5.17. The number of hydrogen-bond donors (Lipinski definition) is 0. The van der Waals surface area contributed by atoms with Crippen molar-refractivity contribution in [2.24, 2.45) is 17.8 Å². The molecule has 2 bridgehead atoms. The van der Waals surface area contributed by atoms with E-state index in [-0.39, 0.29) is 36.0 Å². The smallest absolute Gasteiger partial charge is 0.309 e. The number of hydrogen-bond acceptors (Lipinski definition) is 5. The number of carbonyl (C=O) groups excluding carboxylic acids is 2. The highest BCUT2D eigenvalue weighted by Gasteiger charge is 2.62. The van der Waals surface area contributed by atoms with E-state index < -0.39 is 6.10 Å². The summed E-state index contributed by atoms with van der Waals surface area (Å²) >= 11 is 0. The van der Waals surface area contributed by atoms with Gasteiger partial charge < -0.3 is 14.2 Å². The van der Waals surface area contributed by atoms with Crippen LogP contribution in [0.15, 0.2) is 0 Å². The van der Waals surface area contributed by atoms with E-state index in [1.54, 1.807) is 7.11 Å². The molecule has 0 aromatic rings. The number of fused-ring (bicyclic) bond motifs is 1. The molecule has 0 unspecified atom stereocenters. The Labute approximate surface area is 99.4 Å². The molecule has 0 amide bonds. The summed E-state index contributed by atoms with van der Waals surface area (Å²) in [7, 11) is 1.62. The van der Waals surface area contributed by atoms with Crippen LogP contribution in [-0.2, 0) is 23.8 Å². The molecule has 5 nitrogen and oxygen atoms in total. The van der Waals surface area contributed by atoms with Crippen molar-refractivity contribution in [1.82, 2.24) is 0 Å². The lowest BCUT2D eigenvalue weighted by molar-refractivity contribution is -0.251. The maximum Gasteiger partial charge on any atom is 0.309 e. The summed E-state index contributed by atoms with van der Waals surface area (Å²) < 4.78 is 16.1. The predicted octanol–water partition coefficient (Wildman–Crippen LogP) is 0.514. The van der Waals surface area contributed by atoms with Crippen LogP contribution in [0.5, 0.6) is 0 Å². The van der Waals surface area contributed by atoms with Gasteiger partial charge >= 0.3 is 11.9 Å². The van der Waals surface area contributed by atoms with Crippen molar-refractivity contribution in [3.63, 3.8) is 0 Å². The Morgan fingerprint density at radius 1 is 1.41 bits per heavy atom. The molecule has 1 heterocycles. The van der Waals surface area contributed by atoms with Crippen LogP contribution in [0.4, 0.5) is 0 Å². The molecule has 0 aromatic carbocycles. The van der Waals surface area contributed by atoms with Crippen LogP contribution in [0, 0.1) is 17.8 Å². The third-order valence-corrected chi connectivity index (χ3v) is 4.31. The highest BCUT2D eigenvalue weighted by molar-refractivity contribution is 5.76. The van der Waals surface area contributed by atoms with E-state index >= 15 is 0 Å². The SMILES string of the molecule is CO[C@@H]1[C@@H]2OC(=O)[C@H]3C[C@@H](C[C@H]2OC(C)=O)[C@@H]13. The molecule has 0 aromatic heterocycles. The minimum atomic E-state index is -0.422. The van der Waals surface area contributed by atoms with Crippen LogP contribution < -0.4 is 0 Å². The Morgan fingerprint density at radius 2 is 2.18 bits per heavy atom. The average molecular weight is 240 g/mol. The first-order valence-electron chi connectivity index (χ1n) is 6.02. The zero-order valence-corrected chi connectivity index (χ0v) is 9.92. The summed E-state index contributed by atoms with van der Waals surface area (Å²) in [6.45, 7) is 1.38. The third-order valence-electron chi connectivity index (χ3n) is 4.31. The molecule has 0 N–H and O–H groups in total. The second kappa shape index (κ2) is 3.70. The molecule has 3 aliphatic rings. The van der Waals surface area contributed by atoms with Crippen LogP contribution in [-0.4, -0.2) is 37.4 Å². The zero-order chi connectivity index (χ0) is 12.2. The number of ether oxygens (including phenoxy) is 3. The maximum absolute atomic E-state index is 11.7. The second-order valence-corrected chi connectivity index (χ2v) is 5.17. The fourth-order valence-corrected chi connectivity index (χ4v) is 3.62. The molecule has 0 spiro atoms. The molecule has 3 rings (SSSR count). The van der Waals surface area contributed by atoms with E-state index in [0.29, 0.717) is 5.92 Å². The topological polar surface area (TPSA) is 61.8 Å². The lowest BCUT2D eigenvalue weighted by Crippen LogP contribution is -2.66. The van der Waals surface area contributed by atoms with Crippen molar-refractivity contribution in [1.29, 1.82) is 0 Å². The first-order valence-corrected chi connectivity index (χ1v) is 6.02. The lowest BCUT2D eigenvalue weighted by Gasteiger charge is -2.57. The standard InChI is InChI=1S/C12H16O5/c1-5(13)16-8-4-6-3-7-9(6)11(15-2)10(8)17-12(7)14/h6-11H,3-4H2,1-2H3/t6-,7-,8+,9+,10+,11-/m0/s1. The van der Waals surface area contributed by atoms with Crippen molar-refractivity contribution in [3.05, 3.63) is 0 Å². The minimum absolute atomic E-state index is 0.000483. The zero-order valence-electron chi connectivity index (χ0n) is 9.92. The first kappa shape index (κ1) is 11.0. The Morgan fingerprint density at radius 3 is 2.82 bits per heavy atom. The van der Waals surface area contributed by atoms with Gasteiger partial charge in [-0.05, 0) is 18.8 Å². The van der Waals surface area contributed by atoms with Crippen molar-refractivity contribution < 1.29 is 23.8 Å². The van der Waals surface area contributed by atoms with E-state index in [0.717, 1.165) is 12.8 Å². The quantitative estimate of drug-likeness (QED) is 0.658.